The van der Waals surface area contributed by atoms with Crippen LogP contribution in [0, 0.1) is 0 Å². The van der Waals surface area contributed by atoms with Crippen molar-refractivity contribution >= 4 is 37.8 Å². The number of sulfonamides is 1. The maximum atomic E-state index is 12.7. The lowest BCUT2D eigenvalue weighted by Crippen LogP contribution is -2.31. The summed E-state index contributed by atoms with van der Waals surface area (Å²) in [5.74, 6) is -1.31. The van der Waals surface area contributed by atoms with Crippen LogP contribution in [0.2, 0.25) is 0 Å². The van der Waals surface area contributed by atoms with Crippen LogP contribution in [-0.2, 0) is 26.0 Å². The zero-order valence-electron chi connectivity index (χ0n) is 15.2. The minimum Gasteiger partial charge on any atom is -0.460 e. The Morgan fingerprint density at radius 3 is 2.22 bits per heavy atom. The average Bonchev–Trinajstić information content (AvgIpc) is 2.53. The lowest BCUT2D eigenvalue weighted by molar-refractivity contribution is -0.153. The number of esters is 1. The summed E-state index contributed by atoms with van der Waals surface area (Å²) in [6.45, 7) is 5.18. The van der Waals surface area contributed by atoms with Gasteiger partial charge in [-0.2, -0.15) is 0 Å². The smallest absolute Gasteiger partial charge is 0.310 e. The fourth-order valence-electron chi connectivity index (χ4n) is 2.28. The molecule has 0 atom stereocenters. The minimum atomic E-state index is -4.16. The predicted octanol–water partition coefficient (Wildman–Crippen LogP) is 3.45. The molecule has 0 aliphatic rings. The number of nitrogens with one attached hydrogen (secondary N) is 1. The van der Waals surface area contributed by atoms with E-state index in [4.69, 9.17) is 4.74 Å². The predicted molar refractivity (Wildman–Crippen MR) is 105 cm³/mol. The molecule has 2 rings (SSSR count). The topological polar surface area (TPSA) is 89.5 Å². The molecule has 0 unspecified atom stereocenters. The van der Waals surface area contributed by atoms with E-state index in [0.717, 1.165) is 4.47 Å². The second kappa shape index (κ2) is 8.22. The highest BCUT2D eigenvalue weighted by Gasteiger charge is 2.24. The SMILES string of the molecule is CC(C)(C)OC(=O)Cc1ccccc1S(=O)(=O)NC(=O)c1ccc(Br)cc1. The largest absolute Gasteiger partial charge is 0.460 e. The highest BCUT2D eigenvalue weighted by molar-refractivity contribution is 9.10. The molecule has 1 amide bonds. The Hall–Kier alpha value is -2.19. The Bertz CT molecular complexity index is 947. The van der Waals surface area contributed by atoms with Crippen LogP contribution in [0.5, 0.6) is 0 Å². The lowest BCUT2D eigenvalue weighted by atomic mass is 10.1. The van der Waals surface area contributed by atoms with Crippen molar-refractivity contribution in [2.24, 2.45) is 0 Å². The van der Waals surface area contributed by atoms with Crippen LogP contribution in [0.25, 0.3) is 0 Å². The molecule has 2 aromatic carbocycles. The summed E-state index contributed by atoms with van der Waals surface area (Å²) in [7, 11) is -4.16. The van der Waals surface area contributed by atoms with Crippen LogP contribution in [0.4, 0.5) is 0 Å². The summed E-state index contributed by atoms with van der Waals surface area (Å²) < 4.78 is 33.4. The molecule has 0 fully saturated rings. The van der Waals surface area contributed by atoms with Gasteiger partial charge >= 0.3 is 5.97 Å². The minimum absolute atomic E-state index is 0.138. The Kier molecular flexibility index (Phi) is 6.43. The monoisotopic (exact) mass is 453 g/mol. The van der Waals surface area contributed by atoms with E-state index in [1.165, 1.54) is 30.3 Å². The van der Waals surface area contributed by atoms with Crippen molar-refractivity contribution in [1.29, 1.82) is 0 Å². The van der Waals surface area contributed by atoms with E-state index in [1.807, 2.05) is 4.72 Å². The molecule has 0 radical (unpaired) electrons. The number of hydrogen-bond acceptors (Lipinski definition) is 5. The molecule has 0 saturated heterocycles. The average molecular weight is 454 g/mol. The molecule has 0 spiro atoms. The van der Waals surface area contributed by atoms with Crippen LogP contribution in [0.1, 0.15) is 36.7 Å². The number of carbonyl (C=O) groups is 2. The van der Waals surface area contributed by atoms with Crippen molar-refractivity contribution in [2.45, 2.75) is 37.7 Å². The highest BCUT2D eigenvalue weighted by atomic mass is 79.9. The van der Waals surface area contributed by atoms with Crippen molar-refractivity contribution in [3.05, 3.63) is 64.1 Å². The van der Waals surface area contributed by atoms with Gasteiger partial charge in [0.25, 0.3) is 15.9 Å². The fraction of sp³-hybridized carbons (Fsp3) is 0.263. The first kappa shape index (κ1) is 21.1. The third-order valence-electron chi connectivity index (χ3n) is 3.35. The summed E-state index contributed by atoms with van der Waals surface area (Å²) in [5.41, 5.74) is -0.227. The number of amides is 1. The van der Waals surface area contributed by atoms with Gasteiger partial charge in [-0.25, -0.2) is 13.1 Å². The Morgan fingerprint density at radius 2 is 1.63 bits per heavy atom. The van der Waals surface area contributed by atoms with Crippen LogP contribution in [0.15, 0.2) is 57.9 Å². The molecule has 144 valence electrons. The maximum absolute atomic E-state index is 12.7. The molecule has 0 aliphatic carbocycles. The molecule has 0 aromatic heterocycles. The normalized spacial score (nSPS) is 11.7. The van der Waals surface area contributed by atoms with Gasteiger partial charge in [0.2, 0.25) is 0 Å². The van der Waals surface area contributed by atoms with Crippen LogP contribution in [0.3, 0.4) is 0 Å². The molecule has 27 heavy (non-hydrogen) atoms. The zero-order chi connectivity index (χ0) is 20.2. The van der Waals surface area contributed by atoms with Gasteiger partial charge in [0.15, 0.2) is 0 Å². The van der Waals surface area contributed by atoms with Crippen molar-refractivity contribution in [3.8, 4) is 0 Å². The van der Waals surface area contributed by atoms with E-state index in [2.05, 4.69) is 15.9 Å². The molecule has 0 bridgehead atoms. The fourth-order valence-corrected chi connectivity index (χ4v) is 3.76. The molecule has 1 N–H and O–H groups in total. The third kappa shape index (κ3) is 6.18. The Balaban J connectivity index is 2.24. The summed E-state index contributed by atoms with van der Waals surface area (Å²) in [6, 6.07) is 12.3. The summed E-state index contributed by atoms with van der Waals surface area (Å²) in [5, 5.41) is 0. The first-order valence-corrected chi connectivity index (χ1v) is 10.4. The lowest BCUT2D eigenvalue weighted by Gasteiger charge is -2.20. The van der Waals surface area contributed by atoms with Gasteiger partial charge in [0.1, 0.15) is 5.60 Å². The van der Waals surface area contributed by atoms with Crippen molar-refractivity contribution in [3.63, 3.8) is 0 Å². The van der Waals surface area contributed by atoms with Gasteiger partial charge in [0.05, 0.1) is 11.3 Å². The van der Waals surface area contributed by atoms with E-state index in [9.17, 15) is 18.0 Å². The van der Waals surface area contributed by atoms with Crippen molar-refractivity contribution < 1.29 is 22.7 Å². The van der Waals surface area contributed by atoms with Gasteiger partial charge < -0.3 is 4.74 Å². The number of hydrogen-bond donors (Lipinski definition) is 1. The first-order chi connectivity index (χ1) is 12.5. The number of benzene rings is 2. The molecule has 0 saturated carbocycles. The summed E-state index contributed by atoms with van der Waals surface area (Å²) in [4.78, 5) is 24.2. The van der Waals surface area contributed by atoms with E-state index < -0.39 is 27.5 Å². The van der Waals surface area contributed by atoms with E-state index >= 15 is 0 Å². The van der Waals surface area contributed by atoms with Crippen LogP contribution in [-0.4, -0.2) is 25.9 Å². The maximum Gasteiger partial charge on any atom is 0.310 e. The number of rotatable bonds is 5. The second-order valence-corrected chi connectivity index (χ2v) is 9.38. The number of carbonyl (C=O) groups excluding carboxylic acids is 2. The highest BCUT2D eigenvalue weighted by Crippen LogP contribution is 2.19. The second-order valence-electron chi connectivity index (χ2n) is 6.81. The molecule has 0 aliphatic heterocycles. The van der Waals surface area contributed by atoms with Gasteiger partial charge in [-0.05, 0) is 56.7 Å². The number of halogens is 1. The van der Waals surface area contributed by atoms with Crippen molar-refractivity contribution in [2.75, 3.05) is 0 Å². The van der Waals surface area contributed by atoms with Gasteiger partial charge in [0, 0.05) is 10.0 Å². The van der Waals surface area contributed by atoms with Gasteiger partial charge in [-0.15, -0.1) is 0 Å². The van der Waals surface area contributed by atoms with E-state index in [1.54, 1.807) is 39.0 Å². The molecular weight excluding hydrogens is 434 g/mol. The van der Waals surface area contributed by atoms with Crippen LogP contribution >= 0.6 is 15.9 Å². The Morgan fingerprint density at radius 1 is 1.04 bits per heavy atom. The number of ether oxygens (including phenoxy) is 1. The Labute approximate surface area is 167 Å². The van der Waals surface area contributed by atoms with E-state index in [0.29, 0.717) is 0 Å². The van der Waals surface area contributed by atoms with Crippen molar-refractivity contribution in [1.82, 2.24) is 4.72 Å². The first-order valence-electron chi connectivity index (χ1n) is 8.10. The quantitative estimate of drug-likeness (QED) is 0.700. The van der Waals surface area contributed by atoms with Crippen LogP contribution < -0.4 is 4.72 Å². The third-order valence-corrected chi connectivity index (χ3v) is 5.31. The summed E-state index contributed by atoms with van der Waals surface area (Å²) >= 11 is 3.25. The van der Waals surface area contributed by atoms with Gasteiger partial charge in [-0.1, -0.05) is 34.1 Å². The molecular formula is C19H20BrNO5S. The van der Waals surface area contributed by atoms with Gasteiger partial charge in [-0.3, -0.25) is 9.59 Å². The van der Waals surface area contributed by atoms with E-state index in [-0.39, 0.29) is 22.4 Å². The molecule has 8 heteroatoms. The summed E-state index contributed by atoms with van der Waals surface area (Å²) in [6.07, 6.45) is -0.221. The molecule has 2 aromatic rings. The molecule has 6 nitrogen and oxygen atoms in total. The zero-order valence-corrected chi connectivity index (χ0v) is 17.6. The molecule has 0 heterocycles. The standard InChI is InChI=1S/C19H20BrNO5S/c1-19(2,3)26-17(22)12-14-6-4-5-7-16(14)27(24,25)21-18(23)13-8-10-15(20)11-9-13/h4-11H,12H2,1-3H3,(H,21,23).